The largest absolute Gasteiger partial charge is 0.333 e. The molecule has 0 spiro atoms. The van der Waals surface area contributed by atoms with Gasteiger partial charge in [0.05, 0.1) is 12.5 Å². The summed E-state index contributed by atoms with van der Waals surface area (Å²) in [6, 6.07) is 9.96. The summed E-state index contributed by atoms with van der Waals surface area (Å²) in [4.78, 5) is 18.4. The van der Waals surface area contributed by atoms with Crippen LogP contribution in [-0.2, 0) is 13.6 Å². The molecule has 5 nitrogen and oxygen atoms in total. The summed E-state index contributed by atoms with van der Waals surface area (Å²) in [7, 11) is 1.82. The highest BCUT2D eigenvalue weighted by Crippen LogP contribution is 2.10. The molecule has 5 heteroatoms. The summed E-state index contributed by atoms with van der Waals surface area (Å²) >= 11 is 0. The van der Waals surface area contributed by atoms with Crippen LogP contribution in [0.25, 0.3) is 0 Å². The van der Waals surface area contributed by atoms with E-state index in [1.54, 1.807) is 17.1 Å². The molecule has 0 radical (unpaired) electrons. The molecule has 1 aromatic carbocycles. The lowest BCUT2D eigenvalue weighted by Crippen LogP contribution is -2.33. The first kappa shape index (κ1) is 14.3. The Balaban J connectivity index is 2.15. The molecule has 0 atom stereocenters. The van der Waals surface area contributed by atoms with E-state index in [1.807, 2.05) is 42.3 Å². The Kier molecular flexibility index (Phi) is 4.90. The Morgan fingerprint density at radius 2 is 2.10 bits per heavy atom. The van der Waals surface area contributed by atoms with Crippen LogP contribution in [0.3, 0.4) is 0 Å². The number of aromatic nitrogens is 2. The molecule has 0 fully saturated rings. The number of carbonyl (C=O) groups excluding carboxylic acids is 1. The zero-order chi connectivity index (χ0) is 14.4. The minimum atomic E-state index is -0.0118. The minimum absolute atomic E-state index is 0.0118. The van der Waals surface area contributed by atoms with Crippen molar-refractivity contribution in [1.29, 1.82) is 0 Å². The van der Waals surface area contributed by atoms with Gasteiger partial charge in [-0.2, -0.15) is 0 Å². The van der Waals surface area contributed by atoms with Crippen LogP contribution in [-0.4, -0.2) is 33.4 Å². The Bertz CT molecular complexity index is 550. The number of benzene rings is 1. The quantitative estimate of drug-likeness (QED) is 0.864. The zero-order valence-corrected chi connectivity index (χ0v) is 11.7. The highest BCUT2D eigenvalue weighted by atomic mass is 16.2. The van der Waals surface area contributed by atoms with Crippen molar-refractivity contribution in [2.45, 2.75) is 13.0 Å². The number of aryl methyl sites for hydroxylation is 1. The van der Waals surface area contributed by atoms with E-state index >= 15 is 0 Å². The molecular weight excluding hydrogens is 252 g/mol. The van der Waals surface area contributed by atoms with Crippen LogP contribution in [0.2, 0.25) is 0 Å². The minimum Gasteiger partial charge on any atom is -0.333 e. The van der Waals surface area contributed by atoms with Crippen molar-refractivity contribution in [3.8, 4) is 0 Å². The maximum atomic E-state index is 12.6. The van der Waals surface area contributed by atoms with Gasteiger partial charge in [0, 0.05) is 20.1 Å². The molecule has 2 aromatic rings. The molecule has 0 saturated carbocycles. The smallest absolute Gasteiger partial charge is 0.272 e. The van der Waals surface area contributed by atoms with E-state index in [0.29, 0.717) is 25.3 Å². The first-order valence-electron chi connectivity index (χ1n) is 6.72. The molecule has 1 heterocycles. The van der Waals surface area contributed by atoms with Crippen LogP contribution >= 0.6 is 0 Å². The van der Waals surface area contributed by atoms with Crippen LogP contribution in [0.4, 0.5) is 0 Å². The van der Waals surface area contributed by atoms with Crippen molar-refractivity contribution in [3.05, 3.63) is 54.1 Å². The number of nitrogens with zero attached hydrogens (tertiary/aromatic N) is 3. The van der Waals surface area contributed by atoms with Crippen LogP contribution in [0.15, 0.2) is 42.9 Å². The van der Waals surface area contributed by atoms with Crippen LogP contribution in [0.5, 0.6) is 0 Å². The van der Waals surface area contributed by atoms with Gasteiger partial charge in [0.25, 0.3) is 5.91 Å². The second-order valence-electron chi connectivity index (χ2n) is 4.74. The first-order valence-corrected chi connectivity index (χ1v) is 6.72. The van der Waals surface area contributed by atoms with E-state index < -0.39 is 0 Å². The van der Waals surface area contributed by atoms with E-state index in [0.717, 1.165) is 12.0 Å². The van der Waals surface area contributed by atoms with Crippen molar-refractivity contribution < 1.29 is 4.79 Å². The van der Waals surface area contributed by atoms with Gasteiger partial charge < -0.3 is 15.2 Å². The Hall–Kier alpha value is -2.14. The van der Waals surface area contributed by atoms with Crippen molar-refractivity contribution in [2.24, 2.45) is 12.8 Å². The molecule has 1 aromatic heterocycles. The molecule has 2 rings (SSSR count). The fourth-order valence-corrected chi connectivity index (χ4v) is 2.06. The van der Waals surface area contributed by atoms with Crippen molar-refractivity contribution in [3.63, 3.8) is 0 Å². The lowest BCUT2D eigenvalue weighted by molar-refractivity contribution is 0.0732. The lowest BCUT2D eigenvalue weighted by Gasteiger charge is -2.22. The molecular formula is C15H20N4O. The fourth-order valence-electron chi connectivity index (χ4n) is 2.06. The fraction of sp³-hybridized carbons (Fsp3) is 0.333. The van der Waals surface area contributed by atoms with Crippen molar-refractivity contribution in [1.82, 2.24) is 14.5 Å². The highest BCUT2D eigenvalue weighted by Gasteiger charge is 2.18. The van der Waals surface area contributed by atoms with Crippen LogP contribution in [0, 0.1) is 0 Å². The van der Waals surface area contributed by atoms with Crippen LogP contribution < -0.4 is 5.73 Å². The maximum Gasteiger partial charge on any atom is 0.272 e. The average molecular weight is 272 g/mol. The molecule has 0 aliphatic heterocycles. The number of hydrogen-bond donors (Lipinski definition) is 1. The lowest BCUT2D eigenvalue weighted by atomic mass is 10.2. The molecule has 0 aliphatic carbocycles. The van der Waals surface area contributed by atoms with Gasteiger partial charge in [-0.3, -0.25) is 4.79 Å². The summed E-state index contributed by atoms with van der Waals surface area (Å²) in [6.45, 7) is 1.81. The van der Waals surface area contributed by atoms with E-state index in [-0.39, 0.29) is 5.91 Å². The zero-order valence-electron chi connectivity index (χ0n) is 11.7. The van der Waals surface area contributed by atoms with Gasteiger partial charge in [-0.15, -0.1) is 0 Å². The van der Waals surface area contributed by atoms with Gasteiger partial charge in [0.1, 0.15) is 5.69 Å². The van der Waals surface area contributed by atoms with Gasteiger partial charge in [0.15, 0.2) is 0 Å². The van der Waals surface area contributed by atoms with E-state index in [2.05, 4.69) is 4.98 Å². The number of hydrogen-bond acceptors (Lipinski definition) is 3. The number of amides is 1. The summed E-state index contributed by atoms with van der Waals surface area (Å²) < 4.78 is 1.74. The first-order chi connectivity index (χ1) is 9.72. The highest BCUT2D eigenvalue weighted by molar-refractivity contribution is 5.92. The molecule has 0 unspecified atom stereocenters. The van der Waals surface area contributed by atoms with Crippen LogP contribution in [0.1, 0.15) is 22.5 Å². The number of carbonyl (C=O) groups is 1. The summed E-state index contributed by atoms with van der Waals surface area (Å²) in [5.74, 6) is -0.0118. The predicted octanol–water partition coefficient (Wildman–Crippen LogP) is 1.41. The molecule has 1 amide bonds. The Labute approximate surface area is 119 Å². The number of rotatable bonds is 6. The van der Waals surface area contributed by atoms with Gasteiger partial charge in [-0.05, 0) is 18.5 Å². The Morgan fingerprint density at radius 3 is 2.70 bits per heavy atom. The third kappa shape index (κ3) is 3.45. The number of imidazole rings is 1. The average Bonchev–Trinajstić information content (AvgIpc) is 2.90. The summed E-state index contributed by atoms with van der Waals surface area (Å²) in [5, 5.41) is 0. The van der Waals surface area contributed by atoms with E-state index in [4.69, 9.17) is 5.73 Å². The normalized spacial score (nSPS) is 10.5. The van der Waals surface area contributed by atoms with E-state index in [1.165, 1.54) is 0 Å². The second-order valence-corrected chi connectivity index (χ2v) is 4.74. The summed E-state index contributed by atoms with van der Waals surface area (Å²) in [6.07, 6.45) is 4.02. The molecule has 20 heavy (non-hydrogen) atoms. The third-order valence-corrected chi connectivity index (χ3v) is 3.17. The van der Waals surface area contributed by atoms with Gasteiger partial charge in [0.2, 0.25) is 0 Å². The standard InChI is InChI=1S/C15H20N4O/c1-18-12-17-10-14(18)15(20)19(9-5-8-16)11-13-6-3-2-4-7-13/h2-4,6-7,10,12H,5,8-9,11,16H2,1H3. The predicted molar refractivity (Wildman–Crippen MR) is 78.1 cm³/mol. The van der Waals surface area contributed by atoms with Gasteiger partial charge in [-0.25, -0.2) is 4.98 Å². The topological polar surface area (TPSA) is 64.2 Å². The third-order valence-electron chi connectivity index (χ3n) is 3.17. The SMILES string of the molecule is Cn1cncc1C(=O)N(CCCN)Cc1ccccc1. The molecule has 2 N–H and O–H groups in total. The van der Waals surface area contributed by atoms with Gasteiger partial charge in [-0.1, -0.05) is 30.3 Å². The van der Waals surface area contributed by atoms with E-state index in [9.17, 15) is 4.79 Å². The molecule has 0 aliphatic rings. The maximum absolute atomic E-state index is 12.6. The number of nitrogens with two attached hydrogens (primary N) is 1. The Morgan fingerprint density at radius 1 is 1.35 bits per heavy atom. The molecule has 0 bridgehead atoms. The van der Waals surface area contributed by atoms with Crippen molar-refractivity contribution >= 4 is 5.91 Å². The summed E-state index contributed by atoms with van der Waals surface area (Å²) in [5.41, 5.74) is 7.27. The van der Waals surface area contributed by atoms with Gasteiger partial charge >= 0.3 is 0 Å². The van der Waals surface area contributed by atoms with Crippen molar-refractivity contribution in [2.75, 3.05) is 13.1 Å². The molecule has 106 valence electrons. The monoisotopic (exact) mass is 272 g/mol. The molecule has 0 saturated heterocycles. The second kappa shape index (κ2) is 6.86.